The van der Waals surface area contributed by atoms with Crippen molar-refractivity contribution in [3.63, 3.8) is 0 Å². The smallest absolute Gasteiger partial charge is 0.397 e. The van der Waals surface area contributed by atoms with Gasteiger partial charge in [0, 0.05) is 47.8 Å². The molecule has 0 bridgehead atoms. The Morgan fingerprint density at radius 1 is 1.15 bits per heavy atom. The predicted octanol–water partition coefficient (Wildman–Crippen LogP) is 5.14. The number of benzene rings is 1. The molecule has 7 nitrogen and oxygen atoms in total. The van der Waals surface area contributed by atoms with Crippen LogP contribution in [0, 0.1) is 5.82 Å². The number of nitrogens with zero attached hydrogens (tertiary/aromatic N) is 4. The first-order valence-electron chi connectivity index (χ1n) is 9.98. The summed E-state index contributed by atoms with van der Waals surface area (Å²) >= 11 is 0. The highest BCUT2D eigenvalue weighted by Gasteiger charge is 2.34. The van der Waals surface area contributed by atoms with E-state index in [2.05, 4.69) is 25.4 Å². The zero-order valence-electron chi connectivity index (χ0n) is 17.2. The maximum atomic E-state index is 14.5. The van der Waals surface area contributed by atoms with Crippen molar-refractivity contribution >= 4 is 33.3 Å². The minimum atomic E-state index is -4.62. The van der Waals surface area contributed by atoms with Gasteiger partial charge in [-0.15, -0.1) is 0 Å². The molecule has 0 saturated heterocycles. The Morgan fingerprint density at radius 3 is 2.67 bits per heavy atom. The van der Waals surface area contributed by atoms with Crippen LogP contribution in [-0.4, -0.2) is 31.3 Å². The molecule has 0 aliphatic rings. The average Bonchev–Trinajstić information content (AvgIpc) is 3.39. The van der Waals surface area contributed by atoms with Gasteiger partial charge in [0.25, 0.3) is 0 Å². The lowest BCUT2D eigenvalue weighted by Crippen LogP contribution is -2.08. The molecule has 0 aliphatic heterocycles. The van der Waals surface area contributed by atoms with E-state index in [9.17, 15) is 17.6 Å². The van der Waals surface area contributed by atoms with Gasteiger partial charge in [0.1, 0.15) is 11.5 Å². The fourth-order valence-corrected chi connectivity index (χ4v) is 3.89. The van der Waals surface area contributed by atoms with Crippen LogP contribution in [0.3, 0.4) is 0 Å². The number of hydrogen-bond donors (Lipinski definition) is 3. The quantitative estimate of drug-likeness (QED) is 0.326. The second-order valence-corrected chi connectivity index (χ2v) is 7.43. The molecule has 0 unspecified atom stereocenters. The second kappa shape index (κ2) is 7.47. The first kappa shape index (κ1) is 20.7. The van der Waals surface area contributed by atoms with Crippen LogP contribution in [0.4, 0.5) is 28.9 Å². The van der Waals surface area contributed by atoms with Crippen molar-refractivity contribution in [3.05, 3.63) is 60.6 Å². The molecule has 4 N–H and O–H groups in total. The third kappa shape index (κ3) is 3.51. The number of anilines is 2. The van der Waals surface area contributed by atoms with Crippen LogP contribution in [0.25, 0.3) is 38.8 Å². The van der Waals surface area contributed by atoms with E-state index in [1.165, 1.54) is 36.9 Å². The lowest BCUT2D eigenvalue weighted by Gasteiger charge is -2.12. The van der Waals surface area contributed by atoms with E-state index < -0.39 is 17.7 Å². The van der Waals surface area contributed by atoms with Gasteiger partial charge in [-0.2, -0.15) is 18.3 Å². The van der Waals surface area contributed by atoms with Crippen LogP contribution in [0.15, 0.2) is 49.1 Å². The number of alkyl halides is 3. The van der Waals surface area contributed by atoms with Crippen molar-refractivity contribution in [3.8, 4) is 16.8 Å². The summed E-state index contributed by atoms with van der Waals surface area (Å²) in [6.07, 6.45) is 1.07. The van der Waals surface area contributed by atoms with E-state index in [-0.39, 0.29) is 0 Å². The molecule has 0 aliphatic carbocycles. The molecule has 0 saturated carbocycles. The van der Waals surface area contributed by atoms with Crippen LogP contribution in [0.1, 0.15) is 12.6 Å². The molecular formula is C22H17F4N7. The Hall–Kier alpha value is -4.15. The van der Waals surface area contributed by atoms with Crippen molar-refractivity contribution < 1.29 is 17.6 Å². The number of hydrogen-bond acceptors (Lipinski definition) is 5. The molecule has 11 heteroatoms. The van der Waals surface area contributed by atoms with Gasteiger partial charge in [0.2, 0.25) is 0 Å². The van der Waals surface area contributed by atoms with Crippen LogP contribution in [-0.2, 0) is 6.18 Å². The molecule has 0 atom stereocenters. The molecule has 4 heterocycles. The van der Waals surface area contributed by atoms with E-state index in [1.807, 2.05) is 6.92 Å². The SMILES string of the molecule is CCNc1cc(F)cc2c1[nH]c1ncc(-c3cncc(N)c3)c(-n3ccc(C(F)(F)F)n3)c12. The van der Waals surface area contributed by atoms with Crippen LogP contribution < -0.4 is 11.1 Å². The number of aromatic nitrogens is 5. The minimum absolute atomic E-state index is 0.294. The lowest BCUT2D eigenvalue weighted by molar-refractivity contribution is -0.141. The molecule has 0 radical (unpaired) electrons. The Bertz CT molecular complexity index is 1500. The van der Waals surface area contributed by atoms with Crippen molar-refractivity contribution in [2.75, 3.05) is 17.6 Å². The first-order valence-corrected chi connectivity index (χ1v) is 9.98. The second-order valence-electron chi connectivity index (χ2n) is 7.43. The van der Waals surface area contributed by atoms with Crippen molar-refractivity contribution in [2.24, 2.45) is 0 Å². The third-order valence-corrected chi connectivity index (χ3v) is 5.21. The van der Waals surface area contributed by atoms with Gasteiger partial charge in [0.05, 0.1) is 28.0 Å². The van der Waals surface area contributed by atoms with Gasteiger partial charge in [0.15, 0.2) is 5.69 Å². The maximum Gasteiger partial charge on any atom is 0.435 e. The van der Waals surface area contributed by atoms with E-state index in [0.717, 1.165) is 10.7 Å². The van der Waals surface area contributed by atoms with E-state index in [0.29, 0.717) is 56.7 Å². The summed E-state index contributed by atoms with van der Waals surface area (Å²) < 4.78 is 55.6. The normalized spacial score (nSPS) is 12.0. The van der Waals surface area contributed by atoms with Gasteiger partial charge in [-0.25, -0.2) is 14.1 Å². The monoisotopic (exact) mass is 455 g/mol. The molecule has 168 valence electrons. The Labute approximate surface area is 184 Å². The van der Waals surface area contributed by atoms with Gasteiger partial charge in [-0.05, 0) is 31.2 Å². The minimum Gasteiger partial charge on any atom is -0.397 e. The molecule has 5 aromatic rings. The largest absolute Gasteiger partial charge is 0.435 e. The highest BCUT2D eigenvalue weighted by Crippen LogP contribution is 2.39. The lowest BCUT2D eigenvalue weighted by atomic mass is 10.0. The summed E-state index contributed by atoms with van der Waals surface area (Å²) in [5.74, 6) is -0.502. The summed E-state index contributed by atoms with van der Waals surface area (Å²) in [6.45, 7) is 2.42. The number of aromatic amines is 1. The Kier molecular flexibility index (Phi) is 4.69. The fraction of sp³-hybridized carbons (Fsp3) is 0.136. The first-order chi connectivity index (χ1) is 15.8. The number of nitrogens with two attached hydrogens (primary N) is 1. The number of pyridine rings is 2. The number of H-pyrrole nitrogens is 1. The molecule has 0 amide bonds. The van der Waals surface area contributed by atoms with Crippen molar-refractivity contribution in [1.29, 1.82) is 0 Å². The van der Waals surface area contributed by atoms with E-state index in [1.54, 1.807) is 6.07 Å². The third-order valence-electron chi connectivity index (χ3n) is 5.21. The standard InChI is InChI=1S/C22H17F4N7/c1-2-29-16-7-12(23)6-14-18-20(33-4-3-17(32-33)22(24,25)26)15(10-30-21(18)31-19(14)16)11-5-13(27)9-28-8-11/h3-10,29H,2,27H2,1H3,(H,30,31). The van der Waals surface area contributed by atoms with Crippen molar-refractivity contribution in [2.45, 2.75) is 13.1 Å². The van der Waals surface area contributed by atoms with E-state index in [4.69, 9.17) is 5.73 Å². The molecule has 0 fully saturated rings. The summed E-state index contributed by atoms with van der Waals surface area (Å²) in [5.41, 5.74) is 7.92. The summed E-state index contributed by atoms with van der Waals surface area (Å²) in [7, 11) is 0. The number of nitrogens with one attached hydrogen (secondary N) is 2. The Morgan fingerprint density at radius 2 is 1.97 bits per heavy atom. The van der Waals surface area contributed by atoms with Crippen LogP contribution in [0.2, 0.25) is 0 Å². The van der Waals surface area contributed by atoms with Gasteiger partial charge in [-0.3, -0.25) is 4.98 Å². The van der Waals surface area contributed by atoms with Gasteiger partial charge < -0.3 is 16.0 Å². The molecule has 4 aromatic heterocycles. The summed E-state index contributed by atoms with van der Waals surface area (Å²) in [6, 6.07) is 5.18. The summed E-state index contributed by atoms with van der Waals surface area (Å²) in [5, 5.41) is 7.73. The average molecular weight is 455 g/mol. The molecule has 0 spiro atoms. The number of rotatable bonds is 4. The highest BCUT2D eigenvalue weighted by atomic mass is 19.4. The van der Waals surface area contributed by atoms with E-state index >= 15 is 0 Å². The number of fused-ring (bicyclic) bond motifs is 3. The highest BCUT2D eigenvalue weighted by molar-refractivity contribution is 6.15. The number of nitrogen functional groups attached to an aromatic ring is 1. The maximum absolute atomic E-state index is 14.5. The molecule has 1 aromatic carbocycles. The molecule has 5 rings (SSSR count). The molecule has 33 heavy (non-hydrogen) atoms. The van der Waals surface area contributed by atoms with Crippen LogP contribution >= 0.6 is 0 Å². The predicted molar refractivity (Wildman–Crippen MR) is 117 cm³/mol. The zero-order valence-corrected chi connectivity index (χ0v) is 17.2. The molecular weight excluding hydrogens is 438 g/mol. The van der Waals surface area contributed by atoms with Crippen LogP contribution in [0.5, 0.6) is 0 Å². The zero-order chi connectivity index (χ0) is 23.3. The summed E-state index contributed by atoms with van der Waals surface area (Å²) in [4.78, 5) is 11.7. The number of halogens is 4. The van der Waals surface area contributed by atoms with Gasteiger partial charge in [-0.1, -0.05) is 0 Å². The fourth-order valence-electron chi connectivity index (χ4n) is 3.89. The van der Waals surface area contributed by atoms with Crippen molar-refractivity contribution in [1.82, 2.24) is 24.7 Å². The topological polar surface area (TPSA) is 97.4 Å². The van der Waals surface area contributed by atoms with Gasteiger partial charge >= 0.3 is 6.18 Å². The Balaban J connectivity index is 1.90.